The lowest BCUT2D eigenvalue weighted by Crippen LogP contribution is -2.63. The molecule has 0 spiro atoms. The van der Waals surface area contributed by atoms with E-state index < -0.39 is 18.8 Å². The van der Waals surface area contributed by atoms with Gasteiger partial charge in [-0.3, -0.25) is 0 Å². The first-order chi connectivity index (χ1) is 16.5. The molecule has 1 unspecified atom stereocenters. The molecule has 2 aliphatic rings. The number of carboxylic acid groups (broad SMARTS) is 1. The molecular weight excluding hydrogens is 493 g/mol. The maximum atomic E-state index is 12.9. The van der Waals surface area contributed by atoms with Gasteiger partial charge in [0.1, 0.15) is 11.9 Å². The van der Waals surface area contributed by atoms with Crippen molar-refractivity contribution in [2.75, 3.05) is 19.7 Å². The van der Waals surface area contributed by atoms with E-state index in [0.717, 1.165) is 12.8 Å². The number of morpholine rings is 1. The number of rotatable bonds is 4. The molecule has 13 heteroatoms. The zero-order chi connectivity index (χ0) is 27.3. The summed E-state index contributed by atoms with van der Waals surface area (Å²) in [6.45, 7) is 6.95. The number of amides is 2. The van der Waals surface area contributed by atoms with Crippen LogP contribution in [-0.4, -0.2) is 71.6 Å². The molecule has 204 valence electrons. The Bertz CT molecular complexity index is 894. The molecule has 2 aliphatic heterocycles. The van der Waals surface area contributed by atoms with E-state index in [1.165, 1.54) is 12.1 Å². The van der Waals surface area contributed by atoms with Gasteiger partial charge in [0.25, 0.3) is 0 Å². The molecule has 2 saturated heterocycles. The van der Waals surface area contributed by atoms with Crippen LogP contribution < -0.4 is 15.4 Å². The molecule has 36 heavy (non-hydrogen) atoms. The van der Waals surface area contributed by atoms with Crippen molar-refractivity contribution in [3.63, 3.8) is 0 Å². The number of aliphatic carboxylic acids is 1. The Morgan fingerprint density at radius 3 is 2.31 bits per heavy atom. The summed E-state index contributed by atoms with van der Waals surface area (Å²) in [4.78, 5) is 23.5. The van der Waals surface area contributed by atoms with Crippen molar-refractivity contribution in [1.82, 2.24) is 15.5 Å². The second kappa shape index (κ2) is 11.6. The number of carboxylic acids is 1. The van der Waals surface area contributed by atoms with Crippen LogP contribution >= 0.6 is 0 Å². The van der Waals surface area contributed by atoms with Crippen LogP contribution in [0.4, 0.5) is 26.7 Å². The molecule has 1 atom stereocenters. The van der Waals surface area contributed by atoms with Crippen molar-refractivity contribution in [3.8, 4) is 5.75 Å². The summed E-state index contributed by atoms with van der Waals surface area (Å²) in [5.74, 6) is -2.67. The number of alkyl halides is 5. The highest BCUT2D eigenvalue weighted by atomic mass is 19.4. The molecule has 2 fully saturated rings. The third kappa shape index (κ3) is 9.41. The van der Waals surface area contributed by atoms with E-state index in [1.807, 2.05) is 0 Å². The number of halogens is 5. The highest BCUT2D eigenvalue weighted by Gasteiger charge is 2.39. The number of hydrogen-bond acceptors (Lipinski definition) is 5. The minimum Gasteiger partial charge on any atom is -0.475 e. The highest BCUT2D eigenvalue weighted by Crippen LogP contribution is 2.30. The van der Waals surface area contributed by atoms with E-state index in [9.17, 15) is 26.7 Å². The fourth-order valence-electron chi connectivity index (χ4n) is 4.62. The van der Waals surface area contributed by atoms with Crippen LogP contribution in [0.1, 0.15) is 52.2 Å². The molecule has 2 heterocycles. The Hall–Kier alpha value is -2.67. The summed E-state index contributed by atoms with van der Waals surface area (Å²) in [5, 5.41) is 13.9. The third-order valence-electron chi connectivity index (χ3n) is 5.57. The smallest absolute Gasteiger partial charge is 0.475 e. The summed E-state index contributed by atoms with van der Waals surface area (Å²) in [6.07, 6.45) is -3.76. The minimum atomic E-state index is -5.08. The van der Waals surface area contributed by atoms with Crippen LogP contribution in [0.5, 0.6) is 5.75 Å². The number of piperidine rings is 1. The predicted molar refractivity (Wildman–Crippen MR) is 120 cm³/mol. The predicted octanol–water partition coefficient (Wildman–Crippen LogP) is 4.31. The van der Waals surface area contributed by atoms with Gasteiger partial charge < -0.3 is 30.1 Å². The van der Waals surface area contributed by atoms with Crippen LogP contribution in [-0.2, 0) is 9.53 Å². The average molecular weight is 526 g/mol. The van der Waals surface area contributed by atoms with Crippen LogP contribution in [0.15, 0.2) is 24.3 Å². The van der Waals surface area contributed by atoms with Crippen molar-refractivity contribution in [2.24, 2.45) is 0 Å². The Kier molecular flexibility index (Phi) is 9.52. The number of hydrogen-bond donors (Lipinski definition) is 3. The topological polar surface area (TPSA) is 100 Å². The molecule has 3 N–H and O–H groups in total. The summed E-state index contributed by atoms with van der Waals surface area (Å²) in [7, 11) is 0. The standard InChI is InChI=1S/C21H31F2N3O3.C2HF3O2/c1-20(2)11-15(12-21(3,4)25-20)24-19(27)26-8-9-28-17(13-26)14-6-5-7-16(10-14)29-18(22)23;3-2(4,5)1(6)7/h5-7,10,15,17-18,25H,8-9,11-13H2,1-4H3,(H,24,27);(H,6,7). The third-order valence-corrected chi connectivity index (χ3v) is 5.57. The second-order valence-corrected chi connectivity index (χ2v) is 10.0. The summed E-state index contributed by atoms with van der Waals surface area (Å²) >= 11 is 0. The molecule has 0 aliphatic carbocycles. The molecule has 0 saturated carbocycles. The molecule has 0 aromatic heterocycles. The lowest BCUT2D eigenvalue weighted by molar-refractivity contribution is -0.192. The van der Waals surface area contributed by atoms with E-state index in [-0.39, 0.29) is 35.0 Å². The van der Waals surface area contributed by atoms with Crippen LogP contribution in [0.2, 0.25) is 0 Å². The number of nitrogens with zero attached hydrogens (tertiary/aromatic N) is 1. The number of ether oxygens (including phenoxy) is 2. The van der Waals surface area contributed by atoms with Gasteiger partial charge in [0.2, 0.25) is 0 Å². The van der Waals surface area contributed by atoms with Gasteiger partial charge in [-0.25, -0.2) is 9.59 Å². The Labute approximate surface area is 206 Å². The Balaban J connectivity index is 0.000000572. The van der Waals surface area contributed by atoms with Crippen molar-refractivity contribution >= 4 is 12.0 Å². The highest BCUT2D eigenvalue weighted by molar-refractivity contribution is 5.74. The van der Waals surface area contributed by atoms with Gasteiger partial charge in [0, 0.05) is 23.7 Å². The van der Waals surface area contributed by atoms with Crippen molar-refractivity contribution in [3.05, 3.63) is 29.8 Å². The van der Waals surface area contributed by atoms with E-state index in [4.69, 9.17) is 14.6 Å². The van der Waals surface area contributed by atoms with Crippen molar-refractivity contribution in [2.45, 2.75) is 76.5 Å². The zero-order valence-electron chi connectivity index (χ0n) is 20.5. The molecule has 1 aromatic carbocycles. The summed E-state index contributed by atoms with van der Waals surface area (Å²) in [6, 6.07) is 6.42. The quantitative estimate of drug-likeness (QED) is 0.507. The number of carbonyl (C=O) groups is 2. The first-order valence-corrected chi connectivity index (χ1v) is 11.3. The number of carbonyl (C=O) groups excluding carboxylic acids is 1. The first-order valence-electron chi connectivity index (χ1n) is 11.3. The van der Waals surface area contributed by atoms with Gasteiger partial charge in [-0.2, -0.15) is 22.0 Å². The van der Waals surface area contributed by atoms with E-state index >= 15 is 0 Å². The minimum absolute atomic E-state index is 0.0572. The number of urea groups is 1. The fourth-order valence-corrected chi connectivity index (χ4v) is 4.62. The zero-order valence-corrected chi connectivity index (χ0v) is 20.5. The monoisotopic (exact) mass is 525 g/mol. The van der Waals surface area contributed by atoms with Crippen LogP contribution in [0.25, 0.3) is 0 Å². The van der Waals surface area contributed by atoms with Gasteiger partial charge in [-0.05, 0) is 58.2 Å². The van der Waals surface area contributed by atoms with Gasteiger partial charge in [0.05, 0.1) is 13.2 Å². The molecule has 3 rings (SSSR count). The molecule has 0 radical (unpaired) electrons. The summed E-state index contributed by atoms with van der Waals surface area (Å²) in [5.41, 5.74) is 0.598. The SMILES string of the molecule is CC1(C)CC(NC(=O)N2CCOC(c3cccc(OC(F)F)c3)C2)CC(C)(C)N1.O=C(O)C(F)(F)F. The second-order valence-electron chi connectivity index (χ2n) is 10.0. The van der Waals surface area contributed by atoms with Crippen LogP contribution in [0, 0.1) is 0 Å². The van der Waals surface area contributed by atoms with E-state index in [1.54, 1.807) is 17.0 Å². The largest absolute Gasteiger partial charge is 0.490 e. The van der Waals surface area contributed by atoms with Gasteiger partial charge in [0.15, 0.2) is 0 Å². The lowest BCUT2D eigenvalue weighted by atomic mass is 9.79. The first kappa shape index (κ1) is 29.6. The van der Waals surface area contributed by atoms with Gasteiger partial charge in [-0.1, -0.05) is 12.1 Å². The average Bonchev–Trinajstić information content (AvgIpc) is 2.71. The molecule has 0 bridgehead atoms. The normalized spacial score (nSPS) is 21.8. The van der Waals surface area contributed by atoms with Crippen molar-refractivity contribution < 1.29 is 46.1 Å². The fraction of sp³-hybridized carbons (Fsp3) is 0.652. The van der Waals surface area contributed by atoms with E-state index in [0.29, 0.717) is 25.3 Å². The molecule has 2 amide bonds. The maximum absolute atomic E-state index is 12.9. The molecule has 8 nitrogen and oxygen atoms in total. The molecular formula is C23H32F5N3O5. The number of benzene rings is 1. The number of nitrogens with one attached hydrogen (secondary N) is 2. The summed E-state index contributed by atoms with van der Waals surface area (Å²) < 4.78 is 66.9. The lowest BCUT2D eigenvalue weighted by Gasteiger charge is -2.47. The van der Waals surface area contributed by atoms with E-state index in [2.05, 4.69) is 43.1 Å². The maximum Gasteiger partial charge on any atom is 0.490 e. The Morgan fingerprint density at radius 1 is 1.19 bits per heavy atom. The van der Waals surface area contributed by atoms with Crippen molar-refractivity contribution in [1.29, 1.82) is 0 Å². The molecule has 1 aromatic rings. The Morgan fingerprint density at radius 2 is 1.78 bits per heavy atom. The van der Waals surface area contributed by atoms with Gasteiger partial charge in [-0.15, -0.1) is 0 Å². The van der Waals surface area contributed by atoms with Gasteiger partial charge >= 0.3 is 24.8 Å². The van der Waals surface area contributed by atoms with Crippen LogP contribution in [0.3, 0.4) is 0 Å².